The Morgan fingerprint density at radius 3 is 2.90 bits per heavy atom. The van der Waals surface area contributed by atoms with E-state index in [1.807, 2.05) is 19.1 Å². The van der Waals surface area contributed by atoms with Crippen molar-refractivity contribution < 1.29 is 4.39 Å². The van der Waals surface area contributed by atoms with Crippen molar-refractivity contribution in [3.05, 3.63) is 35.1 Å². The molecular formula is C17H25FN2. The Morgan fingerprint density at radius 2 is 2.10 bits per heavy atom. The lowest BCUT2D eigenvalue weighted by molar-refractivity contribution is 0.133. The van der Waals surface area contributed by atoms with Crippen molar-refractivity contribution in [2.24, 2.45) is 11.7 Å². The van der Waals surface area contributed by atoms with Crippen LogP contribution in [0.1, 0.15) is 49.3 Å². The zero-order valence-electron chi connectivity index (χ0n) is 12.3. The molecule has 0 bridgehead atoms. The van der Waals surface area contributed by atoms with Gasteiger partial charge < -0.3 is 5.73 Å². The van der Waals surface area contributed by atoms with Crippen LogP contribution in [0.2, 0.25) is 0 Å². The van der Waals surface area contributed by atoms with Gasteiger partial charge in [-0.15, -0.1) is 0 Å². The monoisotopic (exact) mass is 276 g/mol. The average Bonchev–Trinajstić information content (AvgIpc) is 2.88. The molecule has 2 nitrogen and oxygen atoms in total. The molecule has 0 aromatic heterocycles. The Morgan fingerprint density at radius 1 is 1.30 bits per heavy atom. The van der Waals surface area contributed by atoms with Gasteiger partial charge in [-0.25, -0.2) is 4.39 Å². The van der Waals surface area contributed by atoms with Gasteiger partial charge in [-0.2, -0.15) is 0 Å². The van der Waals surface area contributed by atoms with Gasteiger partial charge in [-0.3, -0.25) is 4.90 Å². The molecule has 1 saturated carbocycles. The van der Waals surface area contributed by atoms with Crippen LogP contribution in [0.5, 0.6) is 0 Å². The molecule has 0 amide bonds. The maximum atomic E-state index is 14.2. The van der Waals surface area contributed by atoms with E-state index in [9.17, 15) is 4.39 Å². The van der Waals surface area contributed by atoms with Crippen LogP contribution in [0.4, 0.5) is 4.39 Å². The maximum absolute atomic E-state index is 14.2. The van der Waals surface area contributed by atoms with E-state index in [1.165, 1.54) is 32.1 Å². The van der Waals surface area contributed by atoms with Crippen molar-refractivity contribution in [1.29, 1.82) is 0 Å². The number of likely N-dealkylation sites (tertiary alicyclic amines) is 1. The van der Waals surface area contributed by atoms with Crippen LogP contribution in [0.15, 0.2) is 18.2 Å². The van der Waals surface area contributed by atoms with Crippen LogP contribution in [0.3, 0.4) is 0 Å². The average molecular weight is 276 g/mol. The van der Waals surface area contributed by atoms with Gasteiger partial charge in [0.25, 0.3) is 0 Å². The molecule has 0 radical (unpaired) electrons. The van der Waals surface area contributed by atoms with E-state index in [0.717, 1.165) is 23.6 Å². The molecule has 110 valence electrons. The predicted molar refractivity (Wildman–Crippen MR) is 80.0 cm³/mol. The first-order valence-corrected chi connectivity index (χ1v) is 7.92. The SMILES string of the molecule is Cc1ccc(F)c(C(CN)N2CCC3CCCCC32)c1. The quantitative estimate of drug-likeness (QED) is 0.917. The van der Waals surface area contributed by atoms with Gasteiger partial charge in [0.1, 0.15) is 5.82 Å². The van der Waals surface area contributed by atoms with Crippen molar-refractivity contribution in [2.75, 3.05) is 13.1 Å². The van der Waals surface area contributed by atoms with E-state index in [1.54, 1.807) is 6.07 Å². The normalized spacial score (nSPS) is 28.4. The Bertz CT molecular complexity index is 474. The van der Waals surface area contributed by atoms with Crippen LogP contribution in [0, 0.1) is 18.7 Å². The number of hydrogen-bond acceptors (Lipinski definition) is 2. The van der Waals surface area contributed by atoms with Crippen LogP contribution in [-0.2, 0) is 0 Å². The Hall–Kier alpha value is -0.930. The number of halogens is 1. The summed E-state index contributed by atoms with van der Waals surface area (Å²) in [5.41, 5.74) is 7.92. The fraction of sp³-hybridized carbons (Fsp3) is 0.647. The van der Waals surface area contributed by atoms with Crippen molar-refractivity contribution in [2.45, 2.75) is 51.1 Å². The first kappa shape index (κ1) is 14.0. The molecule has 1 aromatic rings. The molecular weight excluding hydrogens is 251 g/mol. The highest BCUT2D eigenvalue weighted by atomic mass is 19.1. The highest BCUT2D eigenvalue weighted by Gasteiger charge is 2.39. The smallest absolute Gasteiger partial charge is 0.128 e. The molecule has 1 heterocycles. The van der Waals surface area contributed by atoms with Crippen LogP contribution in [0.25, 0.3) is 0 Å². The Kier molecular flexibility index (Phi) is 4.08. The van der Waals surface area contributed by atoms with Crippen LogP contribution in [-0.4, -0.2) is 24.0 Å². The Labute approximate surface area is 121 Å². The first-order valence-electron chi connectivity index (χ1n) is 7.92. The molecule has 3 heteroatoms. The summed E-state index contributed by atoms with van der Waals surface area (Å²) in [5, 5.41) is 0. The van der Waals surface area contributed by atoms with Crippen molar-refractivity contribution in [3.63, 3.8) is 0 Å². The summed E-state index contributed by atoms with van der Waals surface area (Å²) in [6.45, 7) is 3.60. The highest BCUT2D eigenvalue weighted by molar-refractivity contribution is 5.27. The van der Waals surface area contributed by atoms with Gasteiger partial charge in [-0.05, 0) is 44.7 Å². The third kappa shape index (κ3) is 2.49. The third-order valence-electron chi connectivity index (χ3n) is 5.19. The fourth-order valence-corrected chi connectivity index (χ4v) is 4.19. The van der Waals surface area contributed by atoms with Crippen LogP contribution < -0.4 is 5.73 Å². The van der Waals surface area contributed by atoms with E-state index in [-0.39, 0.29) is 11.9 Å². The van der Waals surface area contributed by atoms with E-state index in [2.05, 4.69) is 4.90 Å². The van der Waals surface area contributed by atoms with Gasteiger partial charge in [0.15, 0.2) is 0 Å². The number of nitrogens with two attached hydrogens (primary N) is 1. The van der Waals surface area contributed by atoms with Gasteiger partial charge in [0, 0.05) is 18.2 Å². The molecule has 2 N–H and O–H groups in total. The standard InChI is InChI=1S/C17H25FN2/c1-12-6-7-15(18)14(10-12)17(11-19)20-9-8-13-4-2-3-5-16(13)20/h6-7,10,13,16-17H,2-5,8-9,11,19H2,1H3. The van der Waals surface area contributed by atoms with Gasteiger partial charge in [0.05, 0.1) is 6.04 Å². The number of fused-ring (bicyclic) bond motifs is 1. The summed E-state index contributed by atoms with van der Waals surface area (Å²) >= 11 is 0. The second kappa shape index (κ2) is 5.82. The molecule has 3 unspecified atom stereocenters. The topological polar surface area (TPSA) is 29.3 Å². The zero-order chi connectivity index (χ0) is 14.1. The van der Waals surface area contributed by atoms with Crippen molar-refractivity contribution in [3.8, 4) is 0 Å². The molecule has 2 fully saturated rings. The third-order valence-corrected chi connectivity index (χ3v) is 5.19. The van der Waals surface area contributed by atoms with Crippen molar-refractivity contribution >= 4 is 0 Å². The molecule has 1 aliphatic heterocycles. The highest BCUT2D eigenvalue weighted by Crippen LogP contribution is 2.40. The number of hydrogen-bond donors (Lipinski definition) is 1. The summed E-state index contributed by atoms with van der Waals surface area (Å²) < 4.78 is 14.2. The number of benzene rings is 1. The second-order valence-electron chi connectivity index (χ2n) is 6.41. The van der Waals surface area contributed by atoms with E-state index in [4.69, 9.17) is 5.73 Å². The van der Waals surface area contributed by atoms with Gasteiger partial charge in [0.2, 0.25) is 0 Å². The minimum absolute atomic E-state index is 0.0444. The van der Waals surface area contributed by atoms with E-state index in [0.29, 0.717) is 12.6 Å². The number of nitrogens with zero attached hydrogens (tertiary/aromatic N) is 1. The molecule has 3 atom stereocenters. The maximum Gasteiger partial charge on any atom is 0.128 e. The molecule has 1 saturated heterocycles. The fourth-order valence-electron chi connectivity index (χ4n) is 4.19. The van der Waals surface area contributed by atoms with Crippen LogP contribution >= 0.6 is 0 Å². The number of rotatable bonds is 3. The lowest BCUT2D eigenvalue weighted by Crippen LogP contribution is -2.40. The predicted octanol–water partition coefficient (Wildman–Crippen LogP) is 3.40. The summed E-state index contributed by atoms with van der Waals surface area (Å²) in [6, 6.07) is 6.06. The van der Waals surface area contributed by atoms with Gasteiger partial charge in [-0.1, -0.05) is 30.5 Å². The molecule has 0 spiro atoms. The van der Waals surface area contributed by atoms with Gasteiger partial charge >= 0.3 is 0 Å². The molecule has 1 aromatic carbocycles. The molecule has 1 aliphatic carbocycles. The van der Waals surface area contributed by atoms with Crippen molar-refractivity contribution in [1.82, 2.24) is 4.90 Å². The largest absolute Gasteiger partial charge is 0.329 e. The molecule has 2 aliphatic rings. The minimum atomic E-state index is -0.106. The minimum Gasteiger partial charge on any atom is -0.329 e. The Balaban J connectivity index is 1.88. The number of aryl methyl sites for hydroxylation is 1. The lowest BCUT2D eigenvalue weighted by Gasteiger charge is -2.37. The first-order chi connectivity index (χ1) is 9.70. The second-order valence-corrected chi connectivity index (χ2v) is 6.41. The van der Waals surface area contributed by atoms with E-state index < -0.39 is 0 Å². The summed E-state index contributed by atoms with van der Waals surface area (Å²) in [7, 11) is 0. The molecule has 20 heavy (non-hydrogen) atoms. The zero-order valence-corrected chi connectivity index (χ0v) is 12.3. The summed E-state index contributed by atoms with van der Waals surface area (Å²) in [5.74, 6) is 0.705. The lowest BCUT2D eigenvalue weighted by atomic mass is 9.84. The summed E-state index contributed by atoms with van der Waals surface area (Å²) in [4.78, 5) is 2.49. The molecule has 3 rings (SSSR count). The summed E-state index contributed by atoms with van der Waals surface area (Å²) in [6.07, 6.45) is 6.53. The van der Waals surface area contributed by atoms with E-state index >= 15 is 0 Å².